The van der Waals surface area contributed by atoms with Gasteiger partial charge in [0.15, 0.2) is 5.69 Å². The van der Waals surface area contributed by atoms with E-state index >= 15 is 0 Å². The molecule has 0 saturated carbocycles. The van der Waals surface area contributed by atoms with Gasteiger partial charge in [0.1, 0.15) is 12.0 Å². The number of amides is 1. The molecule has 0 spiro atoms. The van der Waals surface area contributed by atoms with Crippen LogP contribution in [0.5, 0.6) is 0 Å². The van der Waals surface area contributed by atoms with Crippen LogP contribution in [0.2, 0.25) is 0 Å². The number of carbonyl (C=O) groups excluding carboxylic acids is 1. The van der Waals surface area contributed by atoms with E-state index in [1.165, 1.54) is 18.1 Å². The number of aryl methyl sites for hydroxylation is 1. The summed E-state index contributed by atoms with van der Waals surface area (Å²) in [6, 6.07) is 0.728. The minimum absolute atomic E-state index is 0.0171. The molecule has 10 heteroatoms. The number of hydrogen-bond acceptors (Lipinski definition) is 4. The molecular weight excluding hydrogens is 289 g/mol. The second-order valence-electron chi connectivity index (χ2n) is 4.63. The minimum atomic E-state index is -4.60. The average molecular weight is 302 g/mol. The third-order valence-corrected chi connectivity index (χ3v) is 2.67. The number of rotatable bonds is 3. The lowest BCUT2D eigenvalue weighted by Gasteiger charge is -2.03. The summed E-state index contributed by atoms with van der Waals surface area (Å²) < 4.78 is 40.0. The first-order valence-corrected chi connectivity index (χ1v) is 6.02. The molecule has 2 rings (SSSR count). The summed E-state index contributed by atoms with van der Waals surface area (Å²) in [5.74, 6) is -0.745. The van der Waals surface area contributed by atoms with Gasteiger partial charge in [-0.15, -0.1) is 5.10 Å². The van der Waals surface area contributed by atoms with Crippen LogP contribution in [0.15, 0.2) is 12.4 Å². The lowest BCUT2D eigenvalue weighted by atomic mass is 10.3. The van der Waals surface area contributed by atoms with Crippen molar-refractivity contribution in [2.24, 2.45) is 7.05 Å². The van der Waals surface area contributed by atoms with Crippen molar-refractivity contribution in [1.29, 1.82) is 0 Å². The Labute approximate surface area is 117 Å². The van der Waals surface area contributed by atoms with Crippen molar-refractivity contribution < 1.29 is 18.0 Å². The second-order valence-corrected chi connectivity index (χ2v) is 4.63. The highest BCUT2D eigenvalue weighted by Gasteiger charge is 2.35. The minimum Gasteiger partial charge on any atom is -0.288 e. The van der Waals surface area contributed by atoms with E-state index in [1.54, 1.807) is 0 Å². The van der Waals surface area contributed by atoms with Crippen LogP contribution in [0.3, 0.4) is 0 Å². The van der Waals surface area contributed by atoms with E-state index in [0.717, 1.165) is 4.68 Å². The van der Waals surface area contributed by atoms with Gasteiger partial charge in [-0.1, -0.05) is 0 Å². The standard InChI is InChI=1S/C11H13F3N6O/c1-6(2)20-5-15-10(18-20)16-9(21)7-4-8(11(12,13)14)17-19(7)3/h4-6H,1-3H3,(H,16,18,21). The van der Waals surface area contributed by atoms with Crippen LogP contribution in [0.4, 0.5) is 19.1 Å². The van der Waals surface area contributed by atoms with Crippen molar-refractivity contribution >= 4 is 11.9 Å². The van der Waals surface area contributed by atoms with E-state index in [1.807, 2.05) is 13.8 Å². The molecule has 1 N–H and O–H groups in total. The highest BCUT2D eigenvalue weighted by Crippen LogP contribution is 2.28. The summed E-state index contributed by atoms with van der Waals surface area (Å²) in [4.78, 5) is 15.8. The van der Waals surface area contributed by atoms with Crippen molar-refractivity contribution in [2.75, 3.05) is 5.32 Å². The quantitative estimate of drug-likeness (QED) is 0.939. The second kappa shape index (κ2) is 5.19. The van der Waals surface area contributed by atoms with E-state index in [0.29, 0.717) is 6.07 Å². The molecule has 0 aromatic carbocycles. The van der Waals surface area contributed by atoms with Crippen molar-refractivity contribution in [3.8, 4) is 0 Å². The number of anilines is 1. The predicted octanol–water partition coefficient (Wildman–Crippen LogP) is 1.86. The van der Waals surface area contributed by atoms with Gasteiger partial charge in [0.05, 0.1) is 0 Å². The van der Waals surface area contributed by atoms with Crippen LogP contribution in [0.25, 0.3) is 0 Å². The van der Waals surface area contributed by atoms with Gasteiger partial charge in [0, 0.05) is 19.2 Å². The van der Waals surface area contributed by atoms with E-state index in [2.05, 4.69) is 20.5 Å². The largest absolute Gasteiger partial charge is 0.435 e. The molecule has 0 fully saturated rings. The summed E-state index contributed by atoms with van der Waals surface area (Å²) in [7, 11) is 1.25. The zero-order valence-electron chi connectivity index (χ0n) is 11.5. The number of carbonyl (C=O) groups is 1. The Balaban J connectivity index is 2.18. The normalized spacial score (nSPS) is 12.0. The van der Waals surface area contributed by atoms with Crippen LogP contribution >= 0.6 is 0 Å². The molecule has 0 aliphatic heterocycles. The van der Waals surface area contributed by atoms with E-state index < -0.39 is 17.8 Å². The Hall–Kier alpha value is -2.39. The molecule has 2 heterocycles. The number of hydrogen-bond donors (Lipinski definition) is 1. The molecule has 0 saturated heterocycles. The fraction of sp³-hybridized carbons (Fsp3) is 0.455. The van der Waals surface area contributed by atoms with Gasteiger partial charge >= 0.3 is 6.18 Å². The number of nitrogens with one attached hydrogen (secondary N) is 1. The molecule has 2 aromatic rings. The van der Waals surface area contributed by atoms with Crippen molar-refractivity contribution in [3.63, 3.8) is 0 Å². The Morgan fingerprint density at radius 1 is 1.33 bits per heavy atom. The van der Waals surface area contributed by atoms with Gasteiger partial charge in [0.25, 0.3) is 5.91 Å². The maximum absolute atomic E-state index is 12.5. The maximum atomic E-state index is 12.5. The highest BCUT2D eigenvalue weighted by atomic mass is 19.4. The lowest BCUT2D eigenvalue weighted by molar-refractivity contribution is -0.141. The third-order valence-electron chi connectivity index (χ3n) is 2.67. The van der Waals surface area contributed by atoms with Gasteiger partial charge in [-0.3, -0.25) is 14.8 Å². The molecule has 7 nitrogen and oxygen atoms in total. The molecule has 0 bridgehead atoms. The number of aromatic nitrogens is 5. The molecule has 114 valence electrons. The van der Waals surface area contributed by atoms with Gasteiger partial charge in [-0.05, 0) is 13.8 Å². The van der Waals surface area contributed by atoms with Crippen LogP contribution in [-0.2, 0) is 13.2 Å². The first-order chi connectivity index (χ1) is 9.68. The molecule has 2 aromatic heterocycles. The molecule has 0 atom stereocenters. The first kappa shape index (κ1) is 15.0. The fourth-order valence-electron chi connectivity index (χ4n) is 1.56. The lowest BCUT2D eigenvalue weighted by Crippen LogP contribution is -2.17. The SMILES string of the molecule is CC(C)n1cnc(NC(=O)c2cc(C(F)(F)F)nn2C)n1. The molecule has 0 aliphatic rings. The van der Waals surface area contributed by atoms with Gasteiger partial charge < -0.3 is 0 Å². The number of nitrogens with zero attached hydrogens (tertiary/aromatic N) is 5. The predicted molar refractivity (Wildman–Crippen MR) is 66.6 cm³/mol. The van der Waals surface area contributed by atoms with Gasteiger partial charge in [-0.2, -0.15) is 18.3 Å². The molecule has 1 amide bonds. The Kier molecular flexibility index (Phi) is 3.71. The topological polar surface area (TPSA) is 77.6 Å². The van der Waals surface area contributed by atoms with E-state index in [-0.39, 0.29) is 17.7 Å². The van der Waals surface area contributed by atoms with Crippen LogP contribution in [0, 0.1) is 0 Å². The van der Waals surface area contributed by atoms with E-state index in [9.17, 15) is 18.0 Å². The molecular formula is C11H13F3N6O. The summed E-state index contributed by atoms with van der Waals surface area (Å²) >= 11 is 0. The Bertz CT molecular complexity index is 657. The monoisotopic (exact) mass is 302 g/mol. The Morgan fingerprint density at radius 3 is 2.48 bits per heavy atom. The number of halogens is 3. The molecule has 0 unspecified atom stereocenters. The van der Waals surface area contributed by atoms with Gasteiger partial charge in [-0.25, -0.2) is 9.67 Å². The zero-order chi connectivity index (χ0) is 15.8. The third kappa shape index (κ3) is 3.20. The summed E-state index contributed by atoms with van der Waals surface area (Å²) in [5.41, 5.74) is -1.36. The summed E-state index contributed by atoms with van der Waals surface area (Å²) in [6.07, 6.45) is -3.18. The zero-order valence-corrected chi connectivity index (χ0v) is 11.5. The Morgan fingerprint density at radius 2 is 2.00 bits per heavy atom. The summed E-state index contributed by atoms with van der Waals surface area (Å²) in [6.45, 7) is 3.74. The number of alkyl halides is 3. The average Bonchev–Trinajstić information content (AvgIpc) is 2.94. The van der Waals surface area contributed by atoms with Crippen molar-refractivity contribution in [2.45, 2.75) is 26.1 Å². The smallest absolute Gasteiger partial charge is 0.288 e. The molecule has 21 heavy (non-hydrogen) atoms. The van der Waals surface area contributed by atoms with Gasteiger partial charge in [0.2, 0.25) is 5.95 Å². The van der Waals surface area contributed by atoms with E-state index in [4.69, 9.17) is 0 Å². The van der Waals surface area contributed by atoms with Crippen LogP contribution in [-0.4, -0.2) is 30.5 Å². The maximum Gasteiger partial charge on any atom is 0.435 e. The molecule has 0 aliphatic carbocycles. The molecule has 0 radical (unpaired) electrons. The summed E-state index contributed by atoms with van der Waals surface area (Å²) in [5, 5.41) is 9.57. The van der Waals surface area contributed by atoms with Crippen molar-refractivity contribution in [3.05, 3.63) is 23.8 Å². The van der Waals surface area contributed by atoms with Crippen LogP contribution < -0.4 is 5.32 Å². The highest BCUT2D eigenvalue weighted by molar-refractivity contribution is 6.02. The van der Waals surface area contributed by atoms with Crippen molar-refractivity contribution in [1.82, 2.24) is 24.5 Å². The van der Waals surface area contributed by atoms with Crippen LogP contribution in [0.1, 0.15) is 36.1 Å². The first-order valence-electron chi connectivity index (χ1n) is 6.02. The fourth-order valence-corrected chi connectivity index (χ4v) is 1.56.